The maximum Gasteiger partial charge on any atom is 0.191 e. The van der Waals surface area contributed by atoms with Crippen molar-refractivity contribution < 1.29 is 0 Å². The number of piperazine rings is 1. The molecule has 1 atom stereocenters. The Labute approximate surface area is 168 Å². The number of likely N-dealkylation sites (N-methyl/N-ethyl adjacent to an activating group) is 1. The molecular formula is C20H36N6S. The number of nitrogens with zero attached hydrogens (tertiary/aromatic N) is 4. The smallest absolute Gasteiger partial charge is 0.191 e. The first-order chi connectivity index (χ1) is 13.2. The van der Waals surface area contributed by atoms with Crippen molar-refractivity contribution in [1.82, 2.24) is 20.4 Å². The molecule has 0 radical (unpaired) electrons. The molecule has 2 saturated heterocycles. The van der Waals surface area contributed by atoms with Crippen LogP contribution in [-0.2, 0) is 0 Å². The van der Waals surface area contributed by atoms with Crippen LogP contribution in [0.3, 0.4) is 0 Å². The van der Waals surface area contributed by atoms with Crippen LogP contribution >= 0.6 is 11.3 Å². The Balaban J connectivity index is 1.46. The second-order valence-corrected chi connectivity index (χ2v) is 8.69. The van der Waals surface area contributed by atoms with Crippen LogP contribution in [0.4, 0.5) is 5.00 Å². The van der Waals surface area contributed by atoms with E-state index in [1.807, 2.05) is 11.3 Å². The zero-order chi connectivity index (χ0) is 19.1. The molecule has 0 aliphatic carbocycles. The average Bonchev–Trinajstić information content (AvgIpc) is 3.22. The largest absolute Gasteiger partial charge is 0.363 e. The molecule has 0 amide bonds. The minimum absolute atomic E-state index is 0.495. The van der Waals surface area contributed by atoms with E-state index in [0.29, 0.717) is 12.1 Å². The second-order valence-electron chi connectivity index (χ2n) is 7.76. The lowest BCUT2D eigenvalue weighted by Crippen LogP contribution is -2.50. The van der Waals surface area contributed by atoms with Gasteiger partial charge in [0, 0.05) is 57.9 Å². The van der Waals surface area contributed by atoms with E-state index in [-0.39, 0.29) is 0 Å². The van der Waals surface area contributed by atoms with Crippen molar-refractivity contribution in [2.75, 3.05) is 64.3 Å². The summed E-state index contributed by atoms with van der Waals surface area (Å²) in [6, 6.07) is 5.37. The molecule has 0 saturated carbocycles. The minimum atomic E-state index is 0.495. The molecule has 2 aliphatic rings. The normalized spacial score (nSPS) is 22.0. The van der Waals surface area contributed by atoms with E-state index in [1.165, 1.54) is 5.00 Å². The Kier molecular flexibility index (Phi) is 7.79. The predicted octanol–water partition coefficient (Wildman–Crippen LogP) is 1.91. The first kappa shape index (κ1) is 20.4. The Hall–Kier alpha value is -1.31. The van der Waals surface area contributed by atoms with E-state index < -0.39 is 0 Å². The highest BCUT2D eigenvalue weighted by Gasteiger charge is 2.22. The minimum Gasteiger partial charge on any atom is -0.363 e. The van der Waals surface area contributed by atoms with E-state index in [1.54, 1.807) is 0 Å². The summed E-state index contributed by atoms with van der Waals surface area (Å²) in [5, 5.41) is 10.7. The van der Waals surface area contributed by atoms with Crippen LogP contribution in [0.25, 0.3) is 0 Å². The van der Waals surface area contributed by atoms with E-state index in [4.69, 9.17) is 4.99 Å². The molecule has 2 N–H and O–H groups in total. The summed E-state index contributed by atoms with van der Waals surface area (Å²) in [5.74, 6) is 0.980. The summed E-state index contributed by atoms with van der Waals surface area (Å²) in [5.41, 5.74) is 0. The molecule has 1 aromatic heterocycles. The van der Waals surface area contributed by atoms with Crippen molar-refractivity contribution >= 4 is 22.3 Å². The molecule has 152 valence electrons. The molecule has 3 rings (SSSR count). The van der Waals surface area contributed by atoms with Crippen LogP contribution in [0.1, 0.15) is 26.7 Å². The van der Waals surface area contributed by atoms with Gasteiger partial charge in [-0.25, -0.2) is 0 Å². The third kappa shape index (κ3) is 6.09. The van der Waals surface area contributed by atoms with Gasteiger partial charge in [-0.3, -0.25) is 9.89 Å². The lowest BCUT2D eigenvalue weighted by atomic mass is 10.1. The van der Waals surface area contributed by atoms with Crippen molar-refractivity contribution in [3.63, 3.8) is 0 Å². The Morgan fingerprint density at radius 3 is 2.59 bits per heavy atom. The van der Waals surface area contributed by atoms with Crippen LogP contribution in [0.5, 0.6) is 0 Å². The average molecular weight is 393 g/mol. The summed E-state index contributed by atoms with van der Waals surface area (Å²) >= 11 is 1.84. The lowest BCUT2D eigenvalue weighted by molar-refractivity contribution is 0.122. The number of hydrogen-bond acceptors (Lipinski definition) is 5. The fraction of sp³-hybridized carbons (Fsp3) is 0.750. The van der Waals surface area contributed by atoms with Crippen LogP contribution < -0.4 is 15.5 Å². The van der Waals surface area contributed by atoms with Gasteiger partial charge in [0.2, 0.25) is 0 Å². The molecular weight excluding hydrogens is 356 g/mol. The van der Waals surface area contributed by atoms with Crippen molar-refractivity contribution in [3.8, 4) is 0 Å². The third-order valence-electron chi connectivity index (χ3n) is 5.67. The van der Waals surface area contributed by atoms with Crippen LogP contribution in [-0.4, -0.2) is 87.2 Å². The Morgan fingerprint density at radius 2 is 1.96 bits per heavy atom. The second kappa shape index (κ2) is 10.3. The summed E-state index contributed by atoms with van der Waals surface area (Å²) in [6.45, 7) is 13.1. The molecule has 7 heteroatoms. The predicted molar refractivity (Wildman–Crippen MR) is 117 cm³/mol. The van der Waals surface area contributed by atoms with Gasteiger partial charge in [0.1, 0.15) is 0 Å². The van der Waals surface area contributed by atoms with Crippen LogP contribution in [0.15, 0.2) is 22.5 Å². The maximum atomic E-state index is 4.90. The van der Waals surface area contributed by atoms with Gasteiger partial charge in [-0.05, 0) is 51.2 Å². The number of nitrogens with one attached hydrogen (secondary N) is 2. The molecule has 3 heterocycles. The summed E-state index contributed by atoms with van der Waals surface area (Å²) in [7, 11) is 2.21. The van der Waals surface area contributed by atoms with Crippen molar-refractivity contribution in [1.29, 1.82) is 0 Å². The fourth-order valence-corrected chi connectivity index (χ4v) is 4.59. The van der Waals surface area contributed by atoms with Gasteiger partial charge in [-0.2, -0.15) is 0 Å². The SMILES string of the molecule is CCNC(=NCC(C)N1CCN(C)CC1)NC1CCN(c2cccs2)CC1. The van der Waals surface area contributed by atoms with Crippen molar-refractivity contribution in [3.05, 3.63) is 17.5 Å². The molecule has 0 bridgehead atoms. The zero-order valence-electron chi connectivity index (χ0n) is 17.2. The van der Waals surface area contributed by atoms with Gasteiger partial charge in [-0.1, -0.05) is 0 Å². The monoisotopic (exact) mass is 392 g/mol. The molecule has 2 fully saturated rings. The highest BCUT2D eigenvalue weighted by molar-refractivity contribution is 7.14. The molecule has 2 aliphatic heterocycles. The Morgan fingerprint density at radius 1 is 1.22 bits per heavy atom. The number of rotatable bonds is 6. The fourth-order valence-electron chi connectivity index (χ4n) is 3.81. The quantitative estimate of drug-likeness (QED) is 0.572. The standard InChI is InChI=1S/C20H36N6S/c1-4-21-20(22-16-17(2)25-13-11-24(3)12-14-25)23-18-7-9-26(10-8-18)19-6-5-15-27-19/h5-6,15,17-18H,4,7-14,16H2,1-3H3,(H2,21,22,23). The van der Waals surface area contributed by atoms with Gasteiger partial charge in [-0.15, -0.1) is 11.3 Å². The van der Waals surface area contributed by atoms with E-state index >= 15 is 0 Å². The van der Waals surface area contributed by atoms with Gasteiger partial charge < -0.3 is 20.4 Å². The number of piperidine rings is 1. The molecule has 0 spiro atoms. The first-order valence-corrected chi connectivity index (χ1v) is 11.3. The Bertz CT molecular complexity index is 559. The third-order valence-corrected chi connectivity index (χ3v) is 6.60. The zero-order valence-corrected chi connectivity index (χ0v) is 18.0. The topological polar surface area (TPSA) is 46.1 Å². The van der Waals surface area contributed by atoms with E-state index in [2.05, 4.69) is 63.7 Å². The molecule has 1 aromatic rings. The van der Waals surface area contributed by atoms with E-state index in [9.17, 15) is 0 Å². The van der Waals surface area contributed by atoms with Gasteiger partial charge in [0.15, 0.2) is 5.96 Å². The summed E-state index contributed by atoms with van der Waals surface area (Å²) < 4.78 is 0. The first-order valence-electron chi connectivity index (χ1n) is 10.4. The lowest BCUT2D eigenvalue weighted by Gasteiger charge is -2.36. The number of aliphatic imine (C=N–C) groups is 1. The van der Waals surface area contributed by atoms with E-state index in [0.717, 1.165) is 71.2 Å². The molecule has 0 aromatic carbocycles. The number of thiophene rings is 1. The van der Waals surface area contributed by atoms with Crippen LogP contribution in [0, 0.1) is 0 Å². The molecule has 6 nitrogen and oxygen atoms in total. The van der Waals surface area contributed by atoms with Crippen LogP contribution in [0.2, 0.25) is 0 Å². The summed E-state index contributed by atoms with van der Waals surface area (Å²) in [6.07, 6.45) is 2.33. The number of anilines is 1. The van der Waals surface area contributed by atoms with Gasteiger partial charge in [0.25, 0.3) is 0 Å². The van der Waals surface area contributed by atoms with Gasteiger partial charge in [0.05, 0.1) is 11.5 Å². The maximum absolute atomic E-state index is 4.90. The van der Waals surface area contributed by atoms with Crippen molar-refractivity contribution in [2.24, 2.45) is 4.99 Å². The molecule has 27 heavy (non-hydrogen) atoms. The number of hydrogen-bond donors (Lipinski definition) is 2. The molecule has 1 unspecified atom stereocenters. The van der Waals surface area contributed by atoms with Gasteiger partial charge >= 0.3 is 0 Å². The summed E-state index contributed by atoms with van der Waals surface area (Å²) in [4.78, 5) is 12.4. The highest BCUT2D eigenvalue weighted by atomic mass is 32.1. The number of guanidine groups is 1. The van der Waals surface area contributed by atoms with Crippen molar-refractivity contribution in [2.45, 2.75) is 38.8 Å². The highest BCUT2D eigenvalue weighted by Crippen LogP contribution is 2.24.